The zero-order valence-electron chi connectivity index (χ0n) is 11.3. The molecule has 1 N–H and O–H groups in total. The molecule has 2 rings (SSSR count). The summed E-state index contributed by atoms with van der Waals surface area (Å²) < 4.78 is 0. The van der Waals surface area contributed by atoms with Crippen molar-refractivity contribution < 1.29 is 4.79 Å². The van der Waals surface area contributed by atoms with E-state index in [1.54, 1.807) is 17.3 Å². The summed E-state index contributed by atoms with van der Waals surface area (Å²) in [6, 6.07) is 3.74. The fraction of sp³-hybridized carbons (Fsp3) is 0.571. The molecular weight excluding hydrogens is 226 g/mol. The Balaban J connectivity index is 2.25. The molecule has 18 heavy (non-hydrogen) atoms. The van der Waals surface area contributed by atoms with Crippen LogP contribution in [0.25, 0.3) is 0 Å². The molecule has 1 aromatic heterocycles. The van der Waals surface area contributed by atoms with Gasteiger partial charge >= 0.3 is 0 Å². The number of hydrogen-bond donors (Lipinski definition) is 1. The number of anilines is 1. The fourth-order valence-corrected chi connectivity index (χ4v) is 2.65. The Bertz CT molecular complexity index is 410. The van der Waals surface area contributed by atoms with E-state index < -0.39 is 0 Å². The average molecular weight is 247 g/mol. The van der Waals surface area contributed by atoms with Crippen molar-refractivity contribution in [2.45, 2.75) is 20.3 Å². The molecule has 0 spiro atoms. The Morgan fingerprint density at radius 2 is 2.11 bits per heavy atom. The van der Waals surface area contributed by atoms with Gasteiger partial charge in [0.05, 0.1) is 5.41 Å². The zero-order valence-corrected chi connectivity index (χ0v) is 11.3. The smallest absolute Gasteiger partial charge is 0.234 e. The third kappa shape index (κ3) is 2.12. The molecule has 98 valence electrons. The van der Waals surface area contributed by atoms with Crippen molar-refractivity contribution in [3.05, 3.63) is 24.5 Å². The molecule has 0 saturated carbocycles. The Kier molecular flexibility index (Phi) is 3.66. The van der Waals surface area contributed by atoms with Crippen LogP contribution in [0.15, 0.2) is 24.5 Å². The fourth-order valence-electron chi connectivity index (χ4n) is 2.65. The molecular formula is C14H21N3O. The van der Waals surface area contributed by atoms with Crippen molar-refractivity contribution in [2.24, 2.45) is 11.3 Å². The van der Waals surface area contributed by atoms with Crippen LogP contribution in [-0.2, 0) is 4.79 Å². The summed E-state index contributed by atoms with van der Waals surface area (Å²) >= 11 is 0. The molecule has 1 aliphatic heterocycles. The Hall–Kier alpha value is -1.42. The molecule has 2 heterocycles. The summed E-state index contributed by atoms with van der Waals surface area (Å²) in [5.41, 5.74) is 0.639. The molecule has 4 heteroatoms. The normalized spacial score (nSPS) is 23.3. The zero-order chi connectivity index (χ0) is 13.2. The number of nitrogens with one attached hydrogen (secondary N) is 1. The van der Waals surface area contributed by atoms with Crippen LogP contribution < -0.4 is 10.2 Å². The average Bonchev–Trinajstić information content (AvgIpc) is 2.88. The SMILES string of the molecule is CC(C)C1(C(=O)N(C)c2ccncc2)CCNC1. The maximum absolute atomic E-state index is 12.8. The van der Waals surface area contributed by atoms with Gasteiger partial charge < -0.3 is 10.2 Å². The first-order chi connectivity index (χ1) is 8.58. The van der Waals surface area contributed by atoms with Gasteiger partial charge in [-0.15, -0.1) is 0 Å². The highest BCUT2D eigenvalue weighted by Gasteiger charge is 2.45. The molecule has 4 nitrogen and oxygen atoms in total. The Morgan fingerprint density at radius 3 is 2.61 bits per heavy atom. The van der Waals surface area contributed by atoms with Crippen LogP contribution in [-0.4, -0.2) is 31.0 Å². The number of hydrogen-bond acceptors (Lipinski definition) is 3. The number of carbonyl (C=O) groups excluding carboxylic acids is 1. The number of amides is 1. The van der Waals surface area contributed by atoms with Crippen LogP contribution in [0.4, 0.5) is 5.69 Å². The van der Waals surface area contributed by atoms with E-state index in [9.17, 15) is 4.79 Å². The molecule has 0 radical (unpaired) electrons. The van der Waals surface area contributed by atoms with Crippen molar-refractivity contribution in [2.75, 3.05) is 25.0 Å². The van der Waals surface area contributed by atoms with E-state index in [0.717, 1.165) is 25.2 Å². The first-order valence-electron chi connectivity index (χ1n) is 6.47. The van der Waals surface area contributed by atoms with Crippen molar-refractivity contribution in [1.29, 1.82) is 0 Å². The van der Waals surface area contributed by atoms with E-state index in [1.165, 1.54) is 0 Å². The molecule has 1 fully saturated rings. The second-order valence-corrected chi connectivity index (χ2v) is 5.31. The van der Waals surface area contributed by atoms with E-state index in [4.69, 9.17) is 0 Å². The maximum Gasteiger partial charge on any atom is 0.234 e. The molecule has 0 bridgehead atoms. The maximum atomic E-state index is 12.8. The van der Waals surface area contributed by atoms with Gasteiger partial charge in [-0.3, -0.25) is 9.78 Å². The molecule has 0 aromatic carbocycles. The molecule has 0 aliphatic carbocycles. The predicted octanol–water partition coefficient (Wildman–Crippen LogP) is 1.68. The summed E-state index contributed by atoms with van der Waals surface area (Å²) in [7, 11) is 1.85. The topological polar surface area (TPSA) is 45.2 Å². The minimum atomic E-state index is -0.266. The van der Waals surface area contributed by atoms with Crippen LogP contribution >= 0.6 is 0 Å². The van der Waals surface area contributed by atoms with Crippen LogP contribution in [0, 0.1) is 11.3 Å². The highest BCUT2D eigenvalue weighted by Crippen LogP contribution is 2.36. The molecule has 1 unspecified atom stereocenters. The number of nitrogens with zero attached hydrogens (tertiary/aromatic N) is 2. The lowest BCUT2D eigenvalue weighted by molar-refractivity contribution is -0.129. The van der Waals surface area contributed by atoms with E-state index in [1.807, 2.05) is 19.2 Å². The van der Waals surface area contributed by atoms with Gasteiger partial charge in [0.1, 0.15) is 0 Å². The first kappa shape index (κ1) is 13.0. The van der Waals surface area contributed by atoms with Crippen LogP contribution in [0.3, 0.4) is 0 Å². The van der Waals surface area contributed by atoms with Gasteiger partial charge in [-0.05, 0) is 31.0 Å². The number of aromatic nitrogens is 1. The monoisotopic (exact) mass is 247 g/mol. The van der Waals surface area contributed by atoms with Crippen LogP contribution in [0.2, 0.25) is 0 Å². The van der Waals surface area contributed by atoms with E-state index >= 15 is 0 Å². The quantitative estimate of drug-likeness (QED) is 0.884. The van der Waals surface area contributed by atoms with E-state index in [0.29, 0.717) is 5.92 Å². The van der Waals surface area contributed by atoms with Gasteiger partial charge in [0.15, 0.2) is 0 Å². The number of rotatable bonds is 3. The van der Waals surface area contributed by atoms with Gasteiger partial charge in [0, 0.05) is 31.7 Å². The molecule has 1 aromatic rings. The van der Waals surface area contributed by atoms with E-state index in [2.05, 4.69) is 24.1 Å². The second-order valence-electron chi connectivity index (χ2n) is 5.31. The summed E-state index contributed by atoms with van der Waals surface area (Å²) in [5.74, 6) is 0.540. The van der Waals surface area contributed by atoms with Gasteiger partial charge in [-0.2, -0.15) is 0 Å². The highest BCUT2D eigenvalue weighted by molar-refractivity contribution is 5.97. The standard InChI is InChI=1S/C14H21N3O/c1-11(2)14(6-9-16-10-14)13(18)17(3)12-4-7-15-8-5-12/h4-5,7-8,11,16H,6,9-10H2,1-3H3. The van der Waals surface area contributed by atoms with Gasteiger partial charge in [-0.25, -0.2) is 0 Å². The summed E-state index contributed by atoms with van der Waals surface area (Å²) in [4.78, 5) is 18.5. The lowest BCUT2D eigenvalue weighted by Gasteiger charge is -2.35. The van der Waals surface area contributed by atoms with Crippen molar-refractivity contribution >= 4 is 11.6 Å². The molecule has 1 saturated heterocycles. The first-order valence-corrected chi connectivity index (χ1v) is 6.47. The number of pyridine rings is 1. The van der Waals surface area contributed by atoms with Crippen LogP contribution in [0.5, 0.6) is 0 Å². The minimum Gasteiger partial charge on any atom is -0.316 e. The molecule has 1 aliphatic rings. The van der Waals surface area contributed by atoms with Crippen LogP contribution in [0.1, 0.15) is 20.3 Å². The summed E-state index contributed by atoms with van der Waals surface area (Å²) in [6.07, 6.45) is 4.35. The van der Waals surface area contributed by atoms with Crippen molar-refractivity contribution in [1.82, 2.24) is 10.3 Å². The van der Waals surface area contributed by atoms with Gasteiger partial charge in [-0.1, -0.05) is 13.8 Å². The predicted molar refractivity (Wildman–Crippen MR) is 72.4 cm³/mol. The molecule has 1 amide bonds. The third-order valence-electron chi connectivity index (χ3n) is 4.07. The van der Waals surface area contributed by atoms with Gasteiger partial charge in [0.2, 0.25) is 5.91 Å². The third-order valence-corrected chi connectivity index (χ3v) is 4.07. The largest absolute Gasteiger partial charge is 0.316 e. The Morgan fingerprint density at radius 1 is 1.44 bits per heavy atom. The molecule has 1 atom stereocenters. The van der Waals surface area contributed by atoms with Crippen molar-refractivity contribution in [3.63, 3.8) is 0 Å². The van der Waals surface area contributed by atoms with Gasteiger partial charge in [0.25, 0.3) is 0 Å². The minimum absolute atomic E-state index is 0.203. The lowest BCUT2D eigenvalue weighted by atomic mass is 9.75. The summed E-state index contributed by atoms with van der Waals surface area (Å²) in [6.45, 7) is 5.96. The lowest BCUT2D eigenvalue weighted by Crippen LogP contribution is -2.47. The van der Waals surface area contributed by atoms with Crippen molar-refractivity contribution in [3.8, 4) is 0 Å². The number of carbonyl (C=O) groups is 1. The summed E-state index contributed by atoms with van der Waals surface area (Å²) in [5, 5.41) is 3.32. The van der Waals surface area contributed by atoms with E-state index in [-0.39, 0.29) is 11.3 Å². The second kappa shape index (κ2) is 5.06. The Labute approximate surface area is 108 Å². The highest BCUT2D eigenvalue weighted by atomic mass is 16.2.